The van der Waals surface area contributed by atoms with Gasteiger partial charge in [0.1, 0.15) is 17.7 Å². The summed E-state index contributed by atoms with van der Waals surface area (Å²) in [6.07, 6.45) is -1.18. The Bertz CT molecular complexity index is 282. The van der Waals surface area contributed by atoms with Crippen LogP contribution in [0.15, 0.2) is 18.2 Å². The number of benzene rings is 1. The van der Waals surface area contributed by atoms with Crippen molar-refractivity contribution in [2.24, 2.45) is 5.73 Å². The molecule has 2 N–H and O–H groups in total. The molecule has 0 radical (unpaired) electrons. The van der Waals surface area contributed by atoms with Crippen LogP contribution < -0.4 is 15.2 Å². The van der Waals surface area contributed by atoms with Crippen molar-refractivity contribution < 1.29 is 13.9 Å². The summed E-state index contributed by atoms with van der Waals surface area (Å²) in [6, 6.07) is 4.91. The van der Waals surface area contributed by atoms with Crippen molar-refractivity contribution in [3.8, 4) is 11.5 Å². The lowest BCUT2D eigenvalue weighted by Gasteiger charge is -2.10. The SMILES string of the molecule is COc1cc(OC)cc(C(F)CN)c1. The minimum absolute atomic E-state index is 0.0453. The highest BCUT2D eigenvalue weighted by molar-refractivity contribution is 5.39. The molecule has 0 aliphatic heterocycles. The molecular formula is C10H14FNO2. The lowest BCUT2D eigenvalue weighted by molar-refractivity contribution is 0.345. The van der Waals surface area contributed by atoms with Gasteiger partial charge < -0.3 is 15.2 Å². The average molecular weight is 199 g/mol. The van der Waals surface area contributed by atoms with Crippen LogP contribution in [0.3, 0.4) is 0 Å². The molecule has 0 aliphatic carbocycles. The molecule has 0 bridgehead atoms. The quantitative estimate of drug-likeness (QED) is 0.802. The number of rotatable bonds is 4. The average Bonchev–Trinajstić information content (AvgIpc) is 2.27. The Morgan fingerprint density at radius 1 is 1.21 bits per heavy atom. The molecule has 0 spiro atoms. The van der Waals surface area contributed by atoms with Gasteiger partial charge in [0.25, 0.3) is 0 Å². The molecule has 4 heteroatoms. The zero-order valence-electron chi connectivity index (χ0n) is 8.29. The summed E-state index contributed by atoms with van der Waals surface area (Å²) in [6.45, 7) is -0.0453. The Morgan fingerprint density at radius 2 is 1.71 bits per heavy atom. The zero-order chi connectivity index (χ0) is 10.6. The summed E-state index contributed by atoms with van der Waals surface area (Å²) in [4.78, 5) is 0. The van der Waals surface area contributed by atoms with Gasteiger partial charge in [-0.25, -0.2) is 4.39 Å². The number of hydrogen-bond donors (Lipinski definition) is 1. The van der Waals surface area contributed by atoms with Crippen LogP contribution in [0.2, 0.25) is 0 Å². The molecular weight excluding hydrogens is 185 g/mol. The molecule has 0 aliphatic rings. The smallest absolute Gasteiger partial charge is 0.138 e. The number of halogens is 1. The van der Waals surface area contributed by atoms with Gasteiger partial charge in [-0.15, -0.1) is 0 Å². The lowest BCUT2D eigenvalue weighted by atomic mass is 10.1. The molecule has 14 heavy (non-hydrogen) atoms. The Morgan fingerprint density at radius 3 is 2.07 bits per heavy atom. The van der Waals surface area contributed by atoms with E-state index in [-0.39, 0.29) is 6.54 Å². The van der Waals surface area contributed by atoms with E-state index in [0.29, 0.717) is 17.1 Å². The molecule has 0 aromatic heterocycles. The number of alkyl halides is 1. The second kappa shape index (κ2) is 4.81. The summed E-state index contributed by atoms with van der Waals surface area (Å²) in [5, 5.41) is 0. The van der Waals surface area contributed by atoms with E-state index in [1.807, 2.05) is 0 Å². The van der Waals surface area contributed by atoms with Crippen LogP contribution in [-0.4, -0.2) is 20.8 Å². The second-order valence-electron chi connectivity index (χ2n) is 2.85. The van der Waals surface area contributed by atoms with Crippen molar-refractivity contribution in [1.29, 1.82) is 0 Å². The van der Waals surface area contributed by atoms with Gasteiger partial charge >= 0.3 is 0 Å². The molecule has 0 saturated heterocycles. The number of methoxy groups -OCH3 is 2. The van der Waals surface area contributed by atoms with Crippen molar-refractivity contribution in [3.63, 3.8) is 0 Å². The molecule has 1 atom stereocenters. The van der Waals surface area contributed by atoms with Crippen molar-refractivity contribution >= 4 is 0 Å². The Balaban J connectivity index is 3.04. The molecule has 78 valence electrons. The molecule has 1 unspecified atom stereocenters. The first-order valence-electron chi connectivity index (χ1n) is 4.28. The van der Waals surface area contributed by atoms with Gasteiger partial charge in [0.05, 0.1) is 14.2 Å². The van der Waals surface area contributed by atoms with Gasteiger partial charge in [-0.2, -0.15) is 0 Å². The predicted molar refractivity (Wildman–Crippen MR) is 52.4 cm³/mol. The Hall–Kier alpha value is -1.29. The fourth-order valence-corrected chi connectivity index (χ4v) is 1.15. The van der Waals surface area contributed by atoms with Gasteiger partial charge in [0.15, 0.2) is 0 Å². The van der Waals surface area contributed by atoms with Gasteiger partial charge in [0, 0.05) is 12.6 Å². The van der Waals surface area contributed by atoms with Crippen LogP contribution in [0.1, 0.15) is 11.7 Å². The van der Waals surface area contributed by atoms with E-state index in [0.717, 1.165) is 0 Å². The minimum Gasteiger partial charge on any atom is -0.497 e. The van der Waals surface area contributed by atoms with Crippen LogP contribution in [0.4, 0.5) is 4.39 Å². The summed E-state index contributed by atoms with van der Waals surface area (Å²) in [7, 11) is 3.04. The Kier molecular flexibility index (Phi) is 3.71. The van der Waals surface area contributed by atoms with E-state index in [1.165, 1.54) is 14.2 Å². The van der Waals surface area contributed by atoms with E-state index < -0.39 is 6.17 Å². The normalized spacial score (nSPS) is 12.3. The fraction of sp³-hybridized carbons (Fsp3) is 0.400. The maximum atomic E-state index is 13.3. The summed E-state index contributed by atoms with van der Waals surface area (Å²) >= 11 is 0. The van der Waals surface area contributed by atoms with Crippen LogP contribution in [-0.2, 0) is 0 Å². The largest absolute Gasteiger partial charge is 0.497 e. The zero-order valence-corrected chi connectivity index (χ0v) is 8.29. The first-order chi connectivity index (χ1) is 6.71. The molecule has 3 nitrogen and oxygen atoms in total. The van der Waals surface area contributed by atoms with E-state index in [2.05, 4.69) is 0 Å². The summed E-state index contributed by atoms with van der Waals surface area (Å²) in [5.74, 6) is 1.13. The maximum Gasteiger partial charge on any atom is 0.138 e. The standard InChI is InChI=1S/C10H14FNO2/c1-13-8-3-7(10(11)6-12)4-9(5-8)14-2/h3-5,10H,6,12H2,1-2H3. The number of hydrogen-bond acceptors (Lipinski definition) is 3. The number of nitrogens with two attached hydrogens (primary N) is 1. The maximum absolute atomic E-state index is 13.3. The molecule has 1 aromatic rings. The van der Waals surface area contributed by atoms with E-state index in [9.17, 15) is 4.39 Å². The topological polar surface area (TPSA) is 44.5 Å². The highest BCUT2D eigenvalue weighted by Gasteiger charge is 2.10. The van der Waals surface area contributed by atoms with E-state index >= 15 is 0 Å². The first kappa shape index (κ1) is 10.8. The molecule has 0 saturated carbocycles. The van der Waals surface area contributed by atoms with Crippen LogP contribution in [0.5, 0.6) is 11.5 Å². The van der Waals surface area contributed by atoms with Crippen LogP contribution in [0, 0.1) is 0 Å². The third kappa shape index (κ3) is 2.35. The summed E-state index contributed by atoms with van der Waals surface area (Å²) < 4.78 is 23.3. The minimum atomic E-state index is -1.18. The van der Waals surface area contributed by atoms with Gasteiger partial charge in [0.2, 0.25) is 0 Å². The number of ether oxygens (including phenoxy) is 2. The highest BCUT2D eigenvalue weighted by Crippen LogP contribution is 2.27. The third-order valence-electron chi connectivity index (χ3n) is 1.94. The van der Waals surface area contributed by atoms with E-state index in [1.54, 1.807) is 18.2 Å². The van der Waals surface area contributed by atoms with Gasteiger partial charge in [-0.1, -0.05) is 0 Å². The van der Waals surface area contributed by atoms with Crippen molar-refractivity contribution in [3.05, 3.63) is 23.8 Å². The lowest BCUT2D eigenvalue weighted by Crippen LogP contribution is -2.07. The Labute approximate surface area is 82.6 Å². The molecule has 0 heterocycles. The van der Waals surface area contributed by atoms with Crippen molar-refractivity contribution in [2.45, 2.75) is 6.17 Å². The summed E-state index contributed by atoms with van der Waals surface area (Å²) in [5.41, 5.74) is 5.71. The van der Waals surface area contributed by atoms with Gasteiger partial charge in [-0.3, -0.25) is 0 Å². The van der Waals surface area contributed by atoms with Gasteiger partial charge in [-0.05, 0) is 17.7 Å². The highest BCUT2D eigenvalue weighted by atomic mass is 19.1. The first-order valence-corrected chi connectivity index (χ1v) is 4.28. The second-order valence-corrected chi connectivity index (χ2v) is 2.85. The van der Waals surface area contributed by atoms with Crippen LogP contribution >= 0.6 is 0 Å². The third-order valence-corrected chi connectivity index (χ3v) is 1.94. The molecule has 1 rings (SSSR count). The van der Waals surface area contributed by atoms with E-state index in [4.69, 9.17) is 15.2 Å². The van der Waals surface area contributed by atoms with Crippen molar-refractivity contribution in [2.75, 3.05) is 20.8 Å². The monoisotopic (exact) mass is 199 g/mol. The van der Waals surface area contributed by atoms with Crippen LogP contribution in [0.25, 0.3) is 0 Å². The van der Waals surface area contributed by atoms with Crippen molar-refractivity contribution in [1.82, 2.24) is 0 Å². The molecule has 0 fully saturated rings. The molecule has 1 aromatic carbocycles. The molecule has 0 amide bonds. The predicted octanol–water partition coefficient (Wildman–Crippen LogP) is 1.67. The fourth-order valence-electron chi connectivity index (χ4n) is 1.15.